The normalized spacial score (nSPS) is 19.6. The van der Waals surface area contributed by atoms with Crippen LogP contribution in [0.1, 0.15) is 13.0 Å². The lowest BCUT2D eigenvalue weighted by molar-refractivity contribution is -0.122. The third kappa shape index (κ3) is 3.72. The van der Waals surface area contributed by atoms with E-state index in [9.17, 15) is 4.79 Å². The van der Waals surface area contributed by atoms with Gasteiger partial charge in [-0.1, -0.05) is 0 Å². The molecule has 0 saturated carbocycles. The molecule has 2 aromatic rings. The minimum absolute atomic E-state index is 0.00415. The van der Waals surface area contributed by atoms with Crippen LogP contribution in [0.2, 0.25) is 0 Å². The number of hydrogen-bond donors (Lipinski definition) is 1. The van der Waals surface area contributed by atoms with E-state index in [0.29, 0.717) is 31.2 Å². The molecule has 24 heavy (non-hydrogen) atoms. The van der Waals surface area contributed by atoms with E-state index in [1.807, 2.05) is 23.8 Å². The number of rotatable bonds is 4. The average molecular weight is 335 g/mol. The third-order valence-corrected chi connectivity index (χ3v) is 3.77. The summed E-state index contributed by atoms with van der Waals surface area (Å²) in [7, 11) is 1.74. The van der Waals surface area contributed by atoms with Crippen LogP contribution >= 0.6 is 0 Å². The molecule has 1 N–H and O–H groups in total. The largest absolute Gasteiger partial charge is 0.483 e. The smallest absolute Gasteiger partial charge is 0.290 e. The summed E-state index contributed by atoms with van der Waals surface area (Å²) in [6, 6.07) is 3.69. The van der Waals surface area contributed by atoms with Crippen molar-refractivity contribution in [1.29, 1.82) is 0 Å². The van der Waals surface area contributed by atoms with Crippen molar-refractivity contribution in [3.8, 4) is 11.4 Å². The van der Waals surface area contributed by atoms with Gasteiger partial charge in [-0.3, -0.25) is 9.59 Å². The van der Waals surface area contributed by atoms with Crippen LogP contribution < -0.4 is 5.56 Å². The maximum atomic E-state index is 12.3. The zero-order valence-electron chi connectivity index (χ0n) is 13.7. The van der Waals surface area contributed by atoms with Crippen LogP contribution in [0.5, 0.6) is 0 Å². The monoisotopic (exact) mass is 335 g/mol. The molecule has 1 aliphatic rings. The molecule has 1 saturated heterocycles. The highest BCUT2D eigenvalue weighted by atomic mass is 16.5. The van der Waals surface area contributed by atoms with Gasteiger partial charge in [0.1, 0.15) is 11.9 Å². The lowest BCUT2D eigenvalue weighted by atomic mass is 10.2. The number of carbonyl (C=O) groups is 1. The lowest BCUT2D eigenvalue weighted by Crippen LogP contribution is -2.27. The molecule has 0 aliphatic carbocycles. The number of aryl methyl sites for hydroxylation is 1. The number of ether oxygens (including phenoxy) is 2. The first kappa shape index (κ1) is 17.9. The standard InChI is InChI=1S/C15H19N3O3.CH2O2/c1-3-21-13-10-20-9-12(13)18-8-6-16-14(18)11-5-4-7-17(2)15(11)19;2-1-3/h4-8,12-13H,3,9-10H2,1-2H3;1H,(H,2,3)/t12-,13-;/m0./s1. The second-order valence-electron chi connectivity index (χ2n) is 5.20. The molecule has 2 aromatic heterocycles. The Morgan fingerprint density at radius 2 is 2.21 bits per heavy atom. The van der Waals surface area contributed by atoms with Crippen molar-refractivity contribution in [3.05, 3.63) is 41.1 Å². The Kier molecular flexibility index (Phi) is 6.28. The molecule has 130 valence electrons. The van der Waals surface area contributed by atoms with Gasteiger partial charge in [-0.25, -0.2) is 4.98 Å². The van der Waals surface area contributed by atoms with Crippen LogP contribution in [0.15, 0.2) is 35.5 Å². The van der Waals surface area contributed by atoms with E-state index in [1.165, 1.54) is 0 Å². The van der Waals surface area contributed by atoms with Gasteiger partial charge in [-0.2, -0.15) is 0 Å². The summed E-state index contributed by atoms with van der Waals surface area (Å²) in [5.74, 6) is 0.663. The van der Waals surface area contributed by atoms with Gasteiger partial charge in [0.2, 0.25) is 0 Å². The van der Waals surface area contributed by atoms with Crippen LogP contribution in [0, 0.1) is 0 Å². The van der Waals surface area contributed by atoms with E-state index in [0.717, 1.165) is 0 Å². The summed E-state index contributed by atoms with van der Waals surface area (Å²) < 4.78 is 14.8. The minimum Gasteiger partial charge on any atom is -0.483 e. The van der Waals surface area contributed by atoms with Gasteiger partial charge in [0, 0.05) is 32.2 Å². The fraction of sp³-hybridized carbons (Fsp3) is 0.438. The van der Waals surface area contributed by atoms with Crippen LogP contribution in [0.4, 0.5) is 0 Å². The van der Waals surface area contributed by atoms with Crippen molar-refractivity contribution in [2.75, 3.05) is 19.8 Å². The van der Waals surface area contributed by atoms with E-state index in [-0.39, 0.29) is 24.2 Å². The summed E-state index contributed by atoms with van der Waals surface area (Å²) in [6.45, 7) is 3.50. The molecular weight excluding hydrogens is 314 g/mol. The molecular formula is C16H21N3O5. The maximum absolute atomic E-state index is 12.3. The van der Waals surface area contributed by atoms with Gasteiger partial charge in [0.25, 0.3) is 12.0 Å². The number of aromatic nitrogens is 3. The molecule has 1 aliphatic heterocycles. The van der Waals surface area contributed by atoms with Crippen molar-refractivity contribution in [2.24, 2.45) is 7.05 Å². The second-order valence-corrected chi connectivity index (χ2v) is 5.20. The molecule has 0 radical (unpaired) electrons. The van der Waals surface area contributed by atoms with Crippen LogP contribution in [-0.2, 0) is 21.3 Å². The third-order valence-electron chi connectivity index (χ3n) is 3.77. The quantitative estimate of drug-likeness (QED) is 0.835. The topological polar surface area (TPSA) is 95.6 Å². The van der Waals surface area contributed by atoms with Crippen molar-refractivity contribution >= 4 is 6.47 Å². The molecule has 0 amide bonds. The highest BCUT2D eigenvalue weighted by Crippen LogP contribution is 2.27. The molecule has 3 rings (SSSR count). The zero-order chi connectivity index (χ0) is 17.5. The van der Waals surface area contributed by atoms with E-state index >= 15 is 0 Å². The van der Waals surface area contributed by atoms with Gasteiger partial charge in [-0.05, 0) is 19.1 Å². The molecule has 3 heterocycles. The van der Waals surface area contributed by atoms with E-state index in [4.69, 9.17) is 19.4 Å². The Bertz CT molecular complexity index is 724. The molecule has 0 aromatic carbocycles. The van der Waals surface area contributed by atoms with Crippen LogP contribution in [-0.4, -0.2) is 51.6 Å². The van der Waals surface area contributed by atoms with Gasteiger partial charge in [0.05, 0.1) is 24.8 Å². The second kappa shape index (κ2) is 8.42. The molecule has 8 nitrogen and oxygen atoms in total. The fourth-order valence-corrected chi connectivity index (χ4v) is 2.71. The predicted octanol–water partition coefficient (Wildman–Crippen LogP) is 0.926. The average Bonchev–Trinajstić information content (AvgIpc) is 3.20. The van der Waals surface area contributed by atoms with Crippen molar-refractivity contribution in [3.63, 3.8) is 0 Å². The SMILES string of the molecule is CCO[C@H]1COC[C@@H]1n1ccnc1-c1cccn(C)c1=O.O=CO. The highest BCUT2D eigenvalue weighted by Gasteiger charge is 2.32. The van der Waals surface area contributed by atoms with E-state index in [2.05, 4.69) is 4.98 Å². The summed E-state index contributed by atoms with van der Waals surface area (Å²) in [5, 5.41) is 6.89. The predicted molar refractivity (Wildman–Crippen MR) is 86.9 cm³/mol. The first-order valence-corrected chi connectivity index (χ1v) is 7.60. The Morgan fingerprint density at radius 3 is 2.92 bits per heavy atom. The summed E-state index contributed by atoms with van der Waals surface area (Å²) in [5.41, 5.74) is 0.531. The van der Waals surface area contributed by atoms with E-state index in [1.54, 1.807) is 30.1 Å². The molecule has 8 heteroatoms. The number of imidazole rings is 1. The molecule has 0 bridgehead atoms. The van der Waals surface area contributed by atoms with Gasteiger partial charge in [0.15, 0.2) is 0 Å². The van der Waals surface area contributed by atoms with Crippen molar-refractivity contribution in [1.82, 2.24) is 14.1 Å². The van der Waals surface area contributed by atoms with E-state index < -0.39 is 0 Å². The van der Waals surface area contributed by atoms with Crippen LogP contribution in [0.25, 0.3) is 11.4 Å². The summed E-state index contributed by atoms with van der Waals surface area (Å²) >= 11 is 0. The Hall–Kier alpha value is -2.45. The van der Waals surface area contributed by atoms with Gasteiger partial charge in [-0.15, -0.1) is 0 Å². The summed E-state index contributed by atoms with van der Waals surface area (Å²) in [4.78, 5) is 25.0. The number of carboxylic acid groups (broad SMARTS) is 1. The minimum atomic E-state index is -0.250. The van der Waals surface area contributed by atoms with Crippen molar-refractivity contribution in [2.45, 2.75) is 19.1 Å². The van der Waals surface area contributed by atoms with Crippen LogP contribution in [0.3, 0.4) is 0 Å². The molecule has 2 atom stereocenters. The molecule has 1 fully saturated rings. The lowest BCUT2D eigenvalue weighted by Gasteiger charge is -2.20. The first-order chi connectivity index (χ1) is 11.6. The number of nitrogens with zero attached hydrogens (tertiary/aromatic N) is 3. The van der Waals surface area contributed by atoms with Gasteiger partial charge >= 0.3 is 0 Å². The Morgan fingerprint density at radius 1 is 1.46 bits per heavy atom. The zero-order valence-corrected chi connectivity index (χ0v) is 13.7. The Balaban J connectivity index is 0.000000647. The maximum Gasteiger partial charge on any atom is 0.290 e. The molecule has 0 spiro atoms. The fourth-order valence-electron chi connectivity index (χ4n) is 2.71. The Labute approximate surface area is 139 Å². The number of pyridine rings is 1. The summed E-state index contributed by atoms with van der Waals surface area (Å²) in [6.07, 6.45) is 5.33. The highest BCUT2D eigenvalue weighted by molar-refractivity contribution is 5.54. The first-order valence-electron chi connectivity index (χ1n) is 7.60. The van der Waals surface area contributed by atoms with Gasteiger partial charge < -0.3 is 23.7 Å². The van der Waals surface area contributed by atoms with Crippen molar-refractivity contribution < 1.29 is 19.4 Å². The molecule has 0 unspecified atom stereocenters. The number of hydrogen-bond acceptors (Lipinski definition) is 5.